The number of nitrogens with zero attached hydrogens (tertiary/aromatic N) is 2. The number of nitriles is 1. The number of hydrogen-bond acceptors (Lipinski definition) is 3. The van der Waals surface area contributed by atoms with Crippen LogP contribution in [0.2, 0.25) is 0 Å². The molecule has 3 nitrogen and oxygen atoms in total. The zero-order valence-electron chi connectivity index (χ0n) is 12.5. The minimum Gasteiger partial charge on any atom is -0.356 e. The van der Waals surface area contributed by atoms with Crippen molar-refractivity contribution in [3.8, 4) is 6.07 Å². The molecule has 0 fully saturated rings. The fourth-order valence-electron chi connectivity index (χ4n) is 1.83. The zero-order chi connectivity index (χ0) is 14.6. The van der Waals surface area contributed by atoms with E-state index >= 15 is 0 Å². The molecule has 0 saturated heterocycles. The Hall–Kier alpha value is 0.130. The highest BCUT2D eigenvalue weighted by molar-refractivity contribution is 7.66. The molecule has 0 aromatic carbocycles. The van der Waals surface area contributed by atoms with Gasteiger partial charge in [-0.3, -0.25) is 0 Å². The summed E-state index contributed by atoms with van der Waals surface area (Å²) in [5.41, 5.74) is -0.534. The first-order chi connectivity index (χ1) is 8.06. The number of halogens is 1. The lowest BCUT2D eigenvalue weighted by Gasteiger charge is -2.44. The highest BCUT2D eigenvalue weighted by Crippen LogP contribution is 2.38. The number of ether oxygens (including phenoxy) is 1. The van der Waals surface area contributed by atoms with Crippen LogP contribution >= 0.6 is 19.3 Å². The third kappa shape index (κ3) is 5.41. The maximum atomic E-state index is 8.93. The maximum absolute atomic E-state index is 8.93. The van der Waals surface area contributed by atoms with Crippen LogP contribution in [0.25, 0.3) is 0 Å². The van der Waals surface area contributed by atoms with Gasteiger partial charge >= 0.3 is 0 Å². The maximum Gasteiger partial charge on any atom is 0.120 e. The summed E-state index contributed by atoms with van der Waals surface area (Å²) in [5, 5.41) is 8.93. The first kappa shape index (κ1) is 18.1. The topological polar surface area (TPSA) is 36.3 Å². The van der Waals surface area contributed by atoms with E-state index < -0.39 is 5.72 Å². The third-order valence-electron chi connectivity index (χ3n) is 2.86. The molecule has 0 aliphatic carbocycles. The van der Waals surface area contributed by atoms with Crippen molar-refractivity contribution < 1.29 is 4.74 Å². The predicted molar refractivity (Wildman–Crippen MR) is 79.8 cm³/mol. The van der Waals surface area contributed by atoms with Crippen molar-refractivity contribution in [3.63, 3.8) is 0 Å². The van der Waals surface area contributed by atoms with Crippen LogP contribution in [0.5, 0.6) is 0 Å². The van der Waals surface area contributed by atoms with Crippen molar-refractivity contribution in [1.29, 1.82) is 5.26 Å². The van der Waals surface area contributed by atoms with Crippen LogP contribution < -0.4 is 0 Å². The lowest BCUT2D eigenvalue weighted by atomic mass is 9.87. The van der Waals surface area contributed by atoms with Crippen LogP contribution in [0.1, 0.15) is 54.9 Å². The Balaban J connectivity index is 4.96. The zero-order valence-corrected chi connectivity index (χ0v) is 14.3. The second-order valence-corrected chi connectivity index (χ2v) is 7.49. The molecule has 2 atom stereocenters. The monoisotopic (exact) mass is 292 g/mol. The molecule has 0 aromatic rings. The number of rotatable bonds is 6. The summed E-state index contributed by atoms with van der Waals surface area (Å²) >= 11 is 6.03. The molecule has 0 heterocycles. The van der Waals surface area contributed by atoms with E-state index in [0.29, 0.717) is 12.5 Å². The molecule has 0 rings (SSSR count). The van der Waals surface area contributed by atoms with Gasteiger partial charge in [-0.05, 0) is 33.1 Å². The van der Waals surface area contributed by atoms with Crippen LogP contribution in [-0.4, -0.2) is 22.5 Å². The van der Waals surface area contributed by atoms with Gasteiger partial charge in [-0.2, -0.15) is 5.26 Å². The van der Waals surface area contributed by atoms with E-state index in [-0.39, 0.29) is 19.6 Å². The van der Waals surface area contributed by atoms with E-state index in [2.05, 4.69) is 45.4 Å². The predicted octanol–water partition coefficient (Wildman–Crippen LogP) is 4.53. The van der Waals surface area contributed by atoms with Crippen molar-refractivity contribution in [3.05, 3.63) is 0 Å². The molecular formula is C13H26ClN2OP. The first-order valence-corrected chi connectivity index (χ1v) is 8.22. The van der Waals surface area contributed by atoms with Crippen LogP contribution in [0.3, 0.4) is 0 Å². The largest absolute Gasteiger partial charge is 0.356 e. The van der Waals surface area contributed by atoms with Crippen molar-refractivity contribution in [2.75, 3.05) is 0 Å². The Morgan fingerprint density at radius 3 is 2.06 bits per heavy atom. The average Bonchev–Trinajstić information content (AvgIpc) is 2.14. The summed E-state index contributed by atoms with van der Waals surface area (Å²) in [6.07, 6.45) is 0.288. The molecule has 0 radical (unpaired) electrons. The van der Waals surface area contributed by atoms with Gasteiger partial charge in [-0.25, -0.2) is 4.67 Å². The van der Waals surface area contributed by atoms with E-state index in [1.54, 1.807) is 0 Å². The molecule has 0 amide bonds. The van der Waals surface area contributed by atoms with Crippen molar-refractivity contribution in [2.45, 2.75) is 72.8 Å². The van der Waals surface area contributed by atoms with E-state index in [0.717, 1.165) is 0 Å². The summed E-state index contributed by atoms with van der Waals surface area (Å²) in [7, 11) is 0.163. The Labute approximate surface area is 118 Å². The fourth-order valence-corrected chi connectivity index (χ4v) is 3.48. The summed E-state index contributed by atoms with van der Waals surface area (Å²) in [5.74, 6) is 0. The van der Waals surface area contributed by atoms with Crippen molar-refractivity contribution >= 4 is 19.3 Å². The Bertz CT molecular complexity index is 294. The van der Waals surface area contributed by atoms with Gasteiger partial charge < -0.3 is 4.74 Å². The van der Waals surface area contributed by atoms with Gasteiger partial charge in [0.05, 0.1) is 26.7 Å². The van der Waals surface area contributed by atoms with Gasteiger partial charge in [0.15, 0.2) is 0 Å². The quantitative estimate of drug-likeness (QED) is 0.533. The summed E-state index contributed by atoms with van der Waals surface area (Å²) in [4.78, 5) is 0. The van der Waals surface area contributed by atoms with Crippen molar-refractivity contribution in [2.24, 2.45) is 5.41 Å². The molecule has 5 heteroatoms. The average molecular weight is 293 g/mol. The van der Waals surface area contributed by atoms with Crippen LogP contribution in [0.15, 0.2) is 0 Å². The van der Waals surface area contributed by atoms with E-state index in [1.165, 1.54) is 0 Å². The molecule has 0 bridgehead atoms. The molecule has 0 aromatic heterocycles. The van der Waals surface area contributed by atoms with Crippen LogP contribution in [0, 0.1) is 16.7 Å². The SMILES string of the molecule is CC(C)N(PCl)C(C)(C)OC(CC#N)C(C)(C)C. The molecule has 18 heavy (non-hydrogen) atoms. The molecule has 106 valence electrons. The van der Waals surface area contributed by atoms with E-state index in [1.807, 2.05) is 13.8 Å². The molecule has 0 saturated carbocycles. The molecule has 0 aliphatic heterocycles. The van der Waals surface area contributed by atoms with E-state index in [9.17, 15) is 0 Å². The second-order valence-electron chi connectivity index (χ2n) is 6.33. The number of hydrogen-bond donors (Lipinski definition) is 0. The first-order valence-electron chi connectivity index (χ1n) is 6.26. The molecule has 2 unspecified atom stereocenters. The summed E-state index contributed by atoms with van der Waals surface area (Å²) < 4.78 is 8.28. The van der Waals surface area contributed by atoms with Crippen LogP contribution in [0.4, 0.5) is 0 Å². The fraction of sp³-hybridized carbons (Fsp3) is 0.923. The molecular weight excluding hydrogens is 267 g/mol. The van der Waals surface area contributed by atoms with Gasteiger partial charge in [0, 0.05) is 6.04 Å². The third-order valence-corrected chi connectivity index (χ3v) is 4.64. The standard InChI is InChI=1S/C13H26ClN2OP/c1-10(2)16(18-14)13(6,7)17-11(8-9-15)12(3,4)5/h10-11,18H,8H2,1-7H3. The second kappa shape index (κ2) is 7.06. The highest BCUT2D eigenvalue weighted by atomic mass is 35.7. The summed E-state index contributed by atoms with van der Waals surface area (Å²) in [6.45, 7) is 14.5. The van der Waals surface area contributed by atoms with Crippen LogP contribution in [-0.2, 0) is 4.74 Å². The normalized spacial score (nSPS) is 15.6. The minimum atomic E-state index is -0.469. The van der Waals surface area contributed by atoms with Gasteiger partial charge in [0.1, 0.15) is 5.72 Å². The van der Waals surface area contributed by atoms with Gasteiger partial charge in [-0.1, -0.05) is 32.0 Å². The Morgan fingerprint density at radius 1 is 1.28 bits per heavy atom. The van der Waals surface area contributed by atoms with Gasteiger partial charge in [0.2, 0.25) is 0 Å². The molecule has 0 aliphatic rings. The lowest BCUT2D eigenvalue weighted by Crippen LogP contribution is -2.48. The lowest BCUT2D eigenvalue weighted by molar-refractivity contribution is -0.165. The minimum absolute atomic E-state index is 0.0644. The van der Waals surface area contributed by atoms with Gasteiger partial charge in [0.25, 0.3) is 0 Å². The molecule has 0 spiro atoms. The van der Waals surface area contributed by atoms with Gasteiger partial charge in [-0.15, -0.1) is 0 Å². The Kier molecular flexibility index (Phi) is 7.11. The summed E-state index contributed by atoms with van der Waals surface area (Å²) in [6, 6.07) is 2.51. The smallest absolute Gasteiger partial charge is 0.120 e. The highest BCUT2D eigenvalue weighted by Gasteiger charge is 2.36. The van der Waals surface area contributed by atoms with Crippen molar-refractivity contribution in [1.82, 2.24) is 4.67 Å². The Morgan fingerprint density at radius 2 is 1.78 bits per heavy atom. The van der Waals surface area contributed by atoms with E-state index in [4.69, 9.17) is 21.2 Å². The molecule has 0 N–H and O–H groups in total.